The number of hydrogen-bond acceptors (Lipinski definition) is 2. The Kier molecular flexibility index (Phi) is 5.10. The minimum atomic E-state index is -1.03. The molecule has 1 aromatic rings. The number of nitrogens with zero attached hydrogens (tertiary/aromatic N) is 1. The molecule has 0 bridgehead atoms. The second-order valence-electron chi connectivity index (χ2n) is 4.91. The van der Waals surface area contributed by atoms with E-state index in [0.717, 1.165) is 31.4 Å². The summed E-state index contributed by atoms with van der Waals surface area (Å²) in [7, 11) is 0. The summed E-state index contributed by atoms with van der Waals surface area (Å²) in [5.41, 5.74) is 0.119. The minimum absolute atomic E-state index is 0.00734. The zero-order chi connectivity index (χ0) is 14.7. The zero-order valence-corrected chi connectivity index (χ0v) is 12.5. The number of rotatable bonds is 3. The number of carbonyl (C=O) groups excluding carboxylic acids is 1. The minimum Gasteiger partial charge on any atom is -0.396 e. The van der Waals surface area contributed by atoms with Crippen LogP contribution >= 0.6 is 15.9 Å². The molecule has 3 nitrogen and oxygen atoms in total. The number of piperidine rings is 1. The van der Waals surface area contributed by atoms with Gasteiger partial charge in [0.1, 0.15) is 0 Å². The number of likely N-dealkylation sites (tertiary alicyclic amines) is 1. The molecular weight excluding hydrogens is 332 g/mol. The maximum absolute atomic E-state index is 13.3. The number of amides is 1. The van der Waals surface area contributed by atoms with E-state index < -0.39 is 11.6 Å². The van der Waals surface area contributed by atoms with Crippen molar-refractivity contribution in [1.82, 2.24) is 4.90 Å². The summed E-state index contributed by atoms with van der Waals surface area (Å²) >= 11 is 3.10. The van der Waals surface area contributed by atoms with Gasteiger partial charge in [-0.2, -0.15) is 0 Å². The van der Waals surface area contributed by atoms with Crippen LogP contribution in [0.4, 0.5) is 8.78 Å². The Hall–Kier alpha value is -1.01. The summed E-state index contributed by atoms with van der Waals surface area (Å²) in [4.78, 5) is 14.1. The van der Waals surface area contributed by atoms with Crippen molar-refractivity contribution in [3.8, 4) is 0 Å². The summed E-state index contributed by atoms with van der Waals surface area (Å²) in [5, 5.41) is 9.07. The van der Waals surface area contributed by atoms with Crippen LogP contribution in [0.5, 0.6) is 0 Å². The molecule has 0 aromatic heterocycles. The maximum Gasteiger partial charge on any atom is 0.255 e. The van der Waals surface area contributed by atoms with E-state index in [2.05, 4.69) is 15.9 Å². The molecule has 1 saturated heterocycles. The third-order valence-electron chi connectivity index (χ3n) is 3.59. The van der Waals surface area contributed by atoms with Gasteiger partial charge in [-0.1, -0.05) is 0 Å². The Morgan fingerprint density at radius 1 is 1.35 bits per heavy atom. The first kappa shape index (κ1) is 15.4. The van der Waals surface area contributed by atoms with E-state index in [9.17, 15) is 13.6 Å². The lowest BCUT2D eigenvalue weighted by Gasteiger charge is -2.35. The molecule has 1 heterocycles. The first-order valence-electron chi connectivity index (χ1n) is 6.61. The van der Waals surface area contributed by atoms with Gasteiger partial charge in [0.05, 0.1) is 5.56 Å². The molecule has 2 rings (SSSR count). The molecule has 1 aromatic carbocycles. The fraction of sp³-hybridized carbons (Fsp3) is 0.500. The quantitative estimate of drug-likeness (QED) is 0.853. The third kappa shape index (κ3) is 3.17. The largest absolute Gasteiger partial charge is 0.396 e. The summed E-state index contributed by atoms with van der Waals surface area (Å²) in [6, 6.07) is 1.85. The molecule has 0 saturated carbocycles. The second-order valence-corrected chi connectivity index (χ2v) is 5.76. The molecule has 0 unspecified atom stereocenters. The van der Waals surface area contributed by atoms with Crippen LogP contribution < -0.4 is 0 Å². The van der Waals surface area contributed by atoms with Crippen LogP contribution in [0.2, 0.25) is 0 Å². The van der Waals surface area contributed by atoms with Gasteiger partial charge in [0.2, 0.25) is 0 Å². The Morgan fingerprint density at radius 3 is 2.75 bits per heavy atom. The van der Waals surface area contributed by atoms with Gasteiger partial charge in [-0.3, -0.25) is 4.79 Å². The van der Waals surface area contributed by atoms with Gasteiger partial charge in [-0.15, -0.1) is 0 Å². The lowest BCUT2D eigenvalue weighted by Crippen LogP contribution is -2.44. The van der Waals surface area contributed by atoms with Gasteiger partial charge in [0.15, 0.2) is 11.6 Å². The monoisotopic (exact) mass is 347 g/mol. The highest BCUT2D eigenvalue weighted by Crippen LogP contribution is 2.26. The van der Waals surface area contributed by atoms with Crippen molar-refractivity contribution in [1.29, 1.82) is 0 Å². The van der Waals surface area contributed by atoms with Gasteiger partial charge >= 0.3 is 0 Å². The third-order valence-corrected chi connectivity index (χ3v) is 4.25. The van der Waals surface area contributed by atoms with Gasteiger partial charge in [0, 0.05) is 23.7 Å². The predicted octanol–water partition coefficient (Wildman–Crippen LogP) is 3.10. The molecule has 1 aliphatic heterocycles. The molecule has 1 N–H and O–H groups in total. The number of aliphatic hydroxyl groups is 1. The van der Waals surface area contributed by atoms with Crippen LogP contribution in [0.3, 0.4) is 0 Å². The fourth-order valence-corrected chi connectivity index (χ4v) is 3.04. The van der Waals surface area contributed by atoms with Crippen molar-refractivity contribution in [2.75, 3.05) is 13.2 Å². The van der Waals surface area contributed by atoms with Crippen LogP contribution in [0.1, 0.15) is 36.0 Å². The van der Waals surface area contributed by atoms with Crippen molar-refractivity contribution in [3.63, 3.8) is 0 Å². The molecule has 6 heteroatoms. The zero-order valence-electron chi connectivity index (χ0n) is 10.9. The first-order valence-corrected chi connectivity index (χ1v) is 7.40. The number of benzene rings is 1. The SMILES string of the molecule is O=C(c1cc(F)c(F)cc1Br)N1CCCC[C@H]1CCO. The highest BCUT2D eigenvalue weighted by Gasteiger charge is 2.28. The number of hydrogen-bond donors (Lipinski definition) is 1. The van der Waals surface area contributed by atoms with Crippen LogP contribution in [-0.2, 0) is 0 Å². The van der Waals surface area contributed by atoms with E-state index in [1.165, 1.54) is 0 Å². The van der Waals surface area contributed by atoms with Crippen molar-refractivity contribution in [2.24, 2.45) is 0 Å². The smallest absolute Gasteiger partial charge is 0.255 e. The highest BCUT2D eigenvalue weighted by atomic mass is 79.9. The second kappa shape index (κ2) is 6.63. The summed E-state index contributed by atoms with van der Waals surface area (Å²) in [6.07, 6.45) is 3.23. The van der Waals surface area contributed by atoms with E-state index >= 15 is 0 Å². The van der Waals surface area contributed by atoms with Crippen LogP contribution in [0.25, 0.3) is 0 Å². The van der Waals surface area contributed by atoms with Crippen molar-refractivity contribution < 1.29 is 18.7 Å². The number of carbonyl (C=O) groups is 1. The topological polar surface area (TPSA) is 40.5 Å². The van der Waals surface area contributed by atoms with E-state index in [1.807, 2.05) is 0 Å². The van der Waals surface area contributed by atoms with Crippen LogP contribution in [0.15, 0.2) is 16.6 Å². The standard InChI is InChI=1S/C14H16BrF2NO2/c15-11-8-13(17)12(16)7-10(11)14(20)18-5-2-1-3-9(18)4-6-19/h7-9,19H,1-6H2/t9-/m0/s1. The summed E-state index contributed by atoms with van der Waals surface area (Å²) < 4.78 is 26.7. The highest BCUT2D eigenvalue weighted by molar-refractivity contribution is 9.10. The Balaban J connectivity index is 2.27. The molecule has 1 fully saturated rings. The molecule has 1 amide bonds. The molecule has 0 aliphatic carbocycles. The molecule has 0 spiro atoms. The maximum atomic E-state index is 13.3. The molecular formula is C14H16BrF2NO2. The van der Waals surface area contributed by atoms with Crippen LogP contribution in [-0.4, -0.2) is 35.1 Å². The van der Waals surface area contributed by atoms with Crippen molar-refractivity contribution in [3.05, 3.63) is 33.8 Å². The number of halogens is 3. The lowest BCUT2D eigenvalue weighted by molar-refractivity contribution is 0.0573. The summed E-state index contributed by atoms with van der Waals surface area (Å²) in [6.45, 7) is 0.586. The van der Waals surface area contributed by atoms with E-state index in [0.29, 0.717) is 13.0 Å². The number of aliphatic hydroxyl groups excluding tert-OH is 1. The first-order chi connectivity index (χ1) is 9.54. The van der Waals surface area contributed by atoms with Crippen molar-refractivity contribution in [2.45, 2.75) is 31.7 Å². The normalized spacial score (nSPS) is 19.2. The van der Waals surface area contributed by atoms with Gasteiger partial charge in [0.25, 0.3) is 5.91 Å². The van der Waals surface area contributed by atoms with E-state index in [4.69, 9.17) is 5.11 Å². The molecule has 1 atom stereocenters. The summed E-state index contributed by atoms with van der Waals surface area (Å²) in [5.74, 6) is -2.35. The Morgan fingerprint density at radius 2 is 2.05 bits per heavy atom. The van der Waals surface area contributed by atoms with Crippen LogP contribution in [0, 0.1) is 11.6 Å². The fourth-order valence-electron chi connectivity index (χ4n) is 2.56. The van der Waals surface area contributed by atoms with E-state index in [1.54, 1.807) is 4.90 Å². The van der Waals surface area contributed by atoms with Gasteiger partial charge < -0.3 is 10.0 Å². The molecule has 0 radical (unpaired) electrons. The van der Waals surface area contributed by atoms with E-state index in [-0.39, 0.29) is 28.6 Å². The average molecular weight is 348 g/mol. The molecule has 1 aliphatic rings. The average Bonchev–Trinajstić information content (AvgIpc) is 2.43. The Labute approximate surface area is 124 Å². The van der Waals surface area contributed by atoms with Crippen molar-refractivity contribution >= 4 is 21.8 Å². The van der Waals surface area contributed by atoms with Gasteiger partial charge in [-0.05, 0) is 53.7 Å². The lowest BCUT2D eigenvalue weighted by atomic mass is 9.98. The predicted molar refractivity (Wildman–Crippen MR) is 74.4 cm³/mol. The Bertz CT molecular complexity index is 508. The van der Waals surface area contributed by atoms with Gasteiger partial charge in [-0.25, -0.2) is 8.78 Å². The molecule has 110 valence electrons. The molecule has 20 heavy (non-hydrogen) atoms.